The summed E-state index contributed by atoms with van der Waals surface area (Å²) in [5.41, 5.74) is 3.14. The second-order valence-corrected chi connectivity index (χ2v) is 8.20. The number of rotatable bonds is 6. The maximum atomic E-state index is 12.3. The first-order chi connectivity index (χ1) is 12.2. The Kier molecular flexibility index (Phi) is 6.39. The van der Waals surface area contributed by atoms with Gasteiger partial charge in [0.05, 0.1) is 10.9 Å². The molecule has 2 amide bonds. The molecule has 1 unspecified atom stereocenters. The fourth-order valence-corrected chi connectivity index (χ4v) is 3.44. The number of sulfonamides is 1. The number of carbonyl (C=O) groups excluding carboxylic acids is 1. The Morgan fingerprint density at radius 1 is 0.962 bits per heavy atom. The third-order valence-electron chi connectivity index (χ3n) is 4.10. The lowest BCUT2D eigenvalue weighted by atomic mass is 10.0. The summed E-state index contributed by atoms with van der Waals surface area (Å²) in [7, 11) is -0.0706. The van der Waals surface area contributed by atoms with Gasteiger partial charge in [-0.1, -0.05) is 47.5 Å². The van der Waals surface area contributed by atoms with E-state index in [0.29, 0.717) is 0 Å². The van der Waals surface area contributed by atoms with Crippen molar-refractivity contribution >= 4 is 16.1 Å². The zero-order valence-corrected chi connectivity index (χ0v) is 16.3. The molecule has 0 fully saturated rings. The number of nitrogens with one attached hydrogen (secondary N) is 2. The molecule has 0 saturated carbocycles. The molecule has 0 aromatic heterocycles. The van der Waals surface area contributed by atoms with Crippen molar-refractivity contribution < 1.29 is 13.2 Å². The number of hydrogen-bond donors (Lipinski definition) is 2. The van der Waals surface area contributed by atoms with E-state index in [-0.39, 0.29) is 17.5 Å². The van der Waals surface area contributed by atoms with Crippen LogP contribution in [0.4, 0.5) is 4.79 Å². The number of amides is 2. The molecule has 1 atom stereocenters. The summed E-state index contributed by atoms with van der Waals surface area (Å²) < 4.78 is 26.6. The first-order valence-electron chi connectivity index (χ1n) is 8.29. The van der Waals surface area contributed by atoms with Crippen molar-refractivity contribution in [1.29, 1.82) is 0 Å². The van der Waals surface area contributed by atoms with E-state index in [4.69, 9.17) is 0 Å². The highest BCUT2D eigenvalue weighted by Gasteiger charge is 2.19. The Labute approximate surface area is 155 Å². The van der Waals surface area contributed by atoms with Gasteiger partial charge in [0, 0.05) is 6.54 Å². The fourth-order valence-electron chi connectivity index (χ4n) is 2.51. The van der Waals surface area contributed by atoms with Gasteiger partial charge in [0.25, 0.3) is 10.0 Å². The Morgan fingerprint density at radius 3 is 1.96 bits per heavy atom. The van der Waals surface area contributed by atoms with Crippen molar-refractivity contribution in [2.75, 3.05) is 20.6 Å². The van der Waals surface area contributed by atoms with Gasteiger partial charge in [0.15, 0.2) is 0 Å². The number of aryl methyl sites for hydroxylation is 2. The number of nitrogens with zero attached hydrogens (tertiary/aromatic N) is 1. The van der Waals surface area contributed by atoms with Crippen LogP contribution >= 0.6 is 0 Å². The van der Waals surface area contributed by atoms with Crippen LogP contribution in [-0.4, -0.2) is 40.0 Å². The van der Waals surface area contributed by atoms with Gasteiger partial charge in [-0.3, -0.25) is 0 Å². The van der Waals surface area contributed by atoms with Crippen LogP contribution in [0.25, 0.3) is 0 Å². The summed E-state index contributed by atoms with van der Waals surface area (Å²) in [6, 6.07) is 13.5. The molecular formula is C19H25N3O3S. The van der Waals surface area contributed by atoms with Gasteiger partial charge >= 0.3 is 6.03 Å². The van der Waals surface area contributed by atoms with Crippen LogP contribution in [0.2, 0.25) is 0 Å². The molecule has 0 bridgehead atoms. The van der Waals surface area contributed by atoms with E-state index in [9.17, 15) is 13.2 Å². The summed E-state index contributed by atoms with van der Waals surface area (Å²) in [6.07, 6.45) is 0. The summed E-state index contributed by atoms with van der Waals surface area (Å²) in [6.45, 7) is 4.16. The highest BCUT2D eigenvalue weighted by atomic mass is 32.2. The molecule has 140 valence electrons. The minimum absolute atomic E-state index is 0.0564. The zero-order chi connectivity index (χ0) is 19.3. The fraction of sp³-hybridized carbons (Fsp3) is 0.316. The van der Waals surface area contributed by atoms with E-state index >= 15 is 0 Å². The molecule has 2 rings (SSSR count). The molecule has 2 aromatic carbocycles. The lowest BCUT2D eigenvalue weighted by Gasteiger charge is -2.25. The Morgan fingerprint density at radius 2 is 1.46 bits per heavy atom. The molecule has 0 heterocycles. The Hall–Kier alpha value is -2.38. The lowest BCUT2D eigenvalue weighted by Crippen LogP contribution is -2.42. The Balaban J connectivity index is 2.01. The third kappa shape index (κ3) is 5.31. The van der Waals surface area contributed by atoms with E-state index in [1.807, 2.05) is 57.1 Å². The van der Waals surface area contributed by atoms with Crippen LogP contribution in [0.5, 0.6) is 0 Å². The highest BCUT2D eigenvalue weighted by Crippen LogP contribution is 2.18. The third-order valence-corrected chi connectivity index (χ3v) is 5.45. The molecule has 0 radical (unpaired) electrons. The second-order valence-electron chi connectivity index (χ2n) is 6.52. The average Bonchev–Trinajstić information content (AvgIpc) is 2.56. The summed E-state index contributed by atoms with van der Waals surface area (Å²) >= 11 is 0. The van der Waals surface area contributed by atoms with E-state index in [2.05, 4.69) is 10.0 Å². The molecule has 0 aliphatic rings. The molecule has 6 nitrogen and oxygen atoms in total. The largest absolute Gasteiger partial charge is 0.335 e. The smallest absolute Gasteiger partial charge is 0.328 e. The summed E-state index contributed by atoms with van der Waals surface area (Å²) in [4.78, 5) is 14.1. The minimum Gasteiger partial charge on any atom is -0.335 e. The van der Waals surface area contributed by atoms with Gasteiger partial charge < -0.3 is 10.2 Å². The van der Waals surface area contributed by atoms with Gasteiger partial charge in [0.1, 0.15) is 0 Å². The topological polar surface area (TPSA) is 78.5 Å². The van der Waals surface area contributed by atoms with E-state index in [1.165, 1.54) is 12.1 Å². The van der Waals surface area contributed by atoms with Crippen LogP contribution in [0.15, 0.2) is 53.4 Å². The maximum Gasteiger partial charge on any atom is 0.328 e. The molecule has 0 saturated heterocycles. The molecule has 0 aliphatic carbocycles. The molecule has 0 aliphatic heterocycles. The molecule has 2 aromatic rings. The maximum absolute atomic E-state index is 12.3. The lowest BCUT2D eigenvalue weighted by molar-refractivity contribution is 0.237. The molecule has 0 spiro atoms. The van der Waals surface area contributed by atoms with E-state index < -0.39 is 16.1 Å². The minimum atomic E-state index is -3.89. The van der Waals surface area contributed by atoms with Crippen LogP contribution < -0.4 is 10.0 Å². The summed E-state index contributed by atoms with van der Waals surface area (Å²) in [5.74, 6) is 0. The molecular weight excluding hydrogens is 350 g/mol. The van der Waals surface area contributed by atoms with Crippen LogP contribution in [0.3, 0.4) is 0 Å². The number of likely N-dealkylation sites (N-methyl/N-ethyl adjacent to an activating group) is 1. The van der Waals surface area contributed by atoms with Gasteiger partial charge in [-0.05, 0) is 45.6 Å². The Bertz CT molecular complexity index is 845. The van der Waals surface area contributed by atoms with Crippen LogP contribution in [-0.2, 0) is 10.0 Å². The predicted octanol–water partition coefficient (Wildman–Crippen LogP) is 2.59. The van der Waals surface area contributed by atoms with E-state index in [1.54, 1.807) is 12.1 Å². The first-order valence-corrected chi connectivity index (χ1v) is 9.77. The van der Waals surface area contributed by atoms with Gasteiger partial charge in [-0.25, -0.2) is 17.9 Å². The van der Waals surface area contributed by atoms with Crippen molar-refractivity contribution in [3.8, 4) is 0 Å². The van der Waals surface area contributed by atoms with Crippen LogP contribution in [0.1, 0.15) is 22.7 Å². The molecule has 7 heteroatoms. The van der Waals surface area contributed by atoms with Crippen molar-refractivity contribution in [3.05, 3.63) is 65.2 Å². The number of urea groups is 1. The van der Waals surface area contributed by atoms with Gasteiger partial charge in [-0.2, -0.15) is 0 Å². The predicted molar refractivity (Wildman–Crippen MR) is 103 cm³/mol. The van der Waals surface area contributed by atoms with Crippen LogP contribution in [0, 0.1) is 13.8 Å². The van der Waals surface area contributed by atoms with Crippen molar-refractivity contribution in [2.24, 2.45) is 0 Å². The average molecular weight is 375 g/mol. The van der Waals surface area contributed by atoms with Crippen molar-refractivity contribution in [2.45, 2.75) is 24.8 Å². The van der Waals surface area contributed by atoms with Crippen molar-refractivity contribution in [1.82, 2.24) is 14.9 Å². The zero-order valence-electron chi connectivity index (χ0n) is 15.5. The monoisotopic (exact) mass is 375 g/mol. The van der Waals surface area contributed by atoms with Crippen molar-refractivity contribution in [3.63, 3.8) is 0 Å². The normalized spacial score (nSPS) is 12.7. The standard InChI is InChI=1S/C19H25N3O3S/c1-14-5-9-16(10-6-14)18(22(3)4)13-20-19(23)21-26(24,25)17-11-7-15(2)8-12-17/h5-12,18H,13H2,1-4H3,(H2,20,21,23). The first kappa shape index (κ1) is 19.9. The number of hydrogen-bond acceptors (Lipinski definition) is 4. The van der Waals surface area contributed by atoms with E-state index in [0.717, 1.165) is 16.7 Å². The molecule has 2 N–H and O–H groups in total. The molecule has 26 heavy (non-hydrogen) atoms. The number of benzene rings is 2. The number of carbonyl (C=O) groups is 1. The summed E-state index contributed by atoms with van der Waals surface area (Å²) in [5, 5.41) is 2.64. The second kappa shape index (κ2) is 8.33. The SMILES string of the molecule is Cc1ccc(C(CNC(=O)NS(=O)(=O)c2ccc(C)cc2)N(C)C)cc1. The highest BCUT2D eigenvalue weighted by molar-refractivity contribution is 7.90. The van der Waals surface area contributed by atoms with Gasteiger partial charge in [-0.15, -0.1) is 0 Å². The quantitative estimate of drug-likeness (QED) is 0.813. The van der Waals surface area contributed by atoms with Gasteiger partial charge in [0.2, 0.25) is 0 Å².